The second-order valence-corrected chi connectivity index (χ2v) is 6.17. The van der Waals surface area contributed by atoms with E-state index in [0.29, 0.717) is 24.5 Å². The summed E-state index contributed by atoms with van der Waals surface area (Å²) >= 11 is 0. The molecule has 1 aliphatic carbocycles. The van der Waals surface area contributed by atoms with Crippen LogP contribution in [0, 0.1) is 11.8 Å². The van der Waals surface area contributed by atoms with Crippen molar-refractivity contribution >= 4 is 0 Å². The van der Waals surface area contributed by atoms with Crippen LogP contribution < -0.4 is 4.74 Å². The van der Waals surface area contributed by atoms with Crippen LogP contribution in [0.5, 0.6) is 5.75 Å². The lowest BCUT2D eigenvalue weighted by molar-refractivity contribution is -0.0173. The number of rotatable bonds is 8. The van der Waals surface area contributed by atoms with Crippen LogP contribution >= 0.6 is 0 Å². The zero-order chi connectivity index (χ0) is 14.4. The molecule has 1 N–H and O–H groups in total. The number of aliphatic hydroxyl groups excluding tert-OH is 1. The fraction of sp³-hybridized carbons (Fsp3) is 0.667. The van der Waals surface area contributed by atoms with Gasteiger partial charge in [-0.2, -0.15) is 0 Å². The van der Waals surface area contributed by atoms with Crippen LogP contribution in [0.15, 0.2) is 24.3 Å². The van der Waals surface area contributed by atoms with Gasteiger partial charge in [0.1, 0.15) is 11.9 Å². The van der Waals surface area contributed by atoms with Gasteiger partial charge >= 0.3 is 0 Å². The predicted octanol–water partition coefficient (Wildman–Crippen LogP) is 4.21. The van der Waals surface area contributed by atoms with Crippen LogP contribution in [0.3, 0.4) is 0 Å². The number of aryl methyl sites for hydroxylation is 1. The molecule has 0 aliphatic heterocycles. The predicted molar refractivity (Wildman–Crippen MR) is 83.1 cm³/mol. The van der Waals surface area contributed by atoms with Gasteiger partial charge in [0.05, 0.1) is 0 Å². The Morgan fingerprint density at radius 3 is 2.55 bits per heavy atom. The summed E-state index contributed by atoms with van der Waals surface area (Å²) in [6, 6.07) is 8.59. The van der Waals surface area contributed by atoms with Crippen molar-refractivity contribution in [2.45, 2.75) is 58.5 Å². The van der Waals surface area contributed by atoms with Crippen LogP contribution in [0.4, 0.5) is 0 Å². The van der Waals surface area contributed by atoms with E-state index in [1.807, 2.05) is 0 Å². The Labute approximate surface area is 123 Å². The first kappa shape index (κ1) is 15.4. The molecule has 20 heavy (non-hydrogen) atoms. The highest BCUT2D eigenvalue weighted by atomic mass is 16.5. The summed E-state index contributed by atoms with van der Waals surface area (Å²) in [5.74, 6) is 2.34. The highest BCUT2D eigenvalue weighted by Crippen LogP contribution is 2.40. The van der Waals surface area contributed by atoms with Crippen molar-refractivity contribution in [2.24, 2.45) is 11.8 Å². The highest BCUT2D eigenvalue weighted by Gasteiger charge is 2.39. The average Bonchev–Trinajstić information content (AvgIpc) is 2.46. The van der Waals surface area contributed by atoms with Gasteiger partial charge in [0.25, 0.3) is 0 Å². The summed E-state index contributed by atoms with van der Waals surface area (Å²) < 4.78 is 6.18. The minimum atomic E-state index is 0.312. The van der Waals surface area contributed by atoms with E-state index in [1.54, 1.807) is 0 Å². The van der Waals surface area contributed by atoms with Crippen LogP contribution in [0.25, 0.3) is 0 Å². The third-order valence-corrected chi connectivity index (χ3v) is 4.42. The topological polar surface area (TPSA) is 29.5 Å². The van der Waals surface area contributed by atoms with Crippen molar-refractivity contribution < 1.29 is 9.84 Å². The molecule has 1 aliphatic rings. The first-order valence-electron chi connectivity index (χ1n) is 8.11. The molecule has 1 fully saturated rings. The number of benzene rings is 1. The Morgan fingerprint density at radius 2 is 1.95 bits per heavy atom. The fourth-order valence-electron chi connectivity index (χ4n) is 3.21. The molecule has 0 heterocycles. The molecule has 3 atom stereocenters. The minimum absolute atomic E-state index is 0.312. The number of ether oxygens (including phenoxy) is 1. The SMILES string of the molecule is CCCc1ccc(O[C@H]2C(C)CC2CCCCO)cc1. The normalized spacial score (nSPS) is 25.2. The Morgan fingerprint density at radius 1 is 1.20 bits per heavy atom. The summed E-state index contributed by atoms with van der Waals surface area (Å²) in [6.07, 6.45) is 7.18. The molecule has 0 amide bonds. The van der Waals surface area contributed by atoms with Gasteiger partial charge in [-0.15, -0.1) is 0 Å². The smallest absolute Gasteiger partial charge is 0.119 e. The van der Waals surface area contributed by atoms with E-state index < -0.39 is 0 Å². The van der Waals surface area contributed by atoms with Gasteiger partial charge < -0.3 is 9.84 Å². The van der Waals surface area contributed by atoms with Crippen LogP contribution in [-0.2, 0) is 6.42 Å². The third-order valence-electron chi connectivity index (χ3n) is 4.42. The molecule has 0 saturated heterocycles. The summed E-state index contributed by atoms with van der Waals surface area (Å²) in [4.78, 5) is 0. The standard InChI is InChI=1S/C18H28O2/c1-3-6-15-8-10-17(11-9-15)20-18-14(2)13-16(18)7-4-5-12-19/h8-11,14,16,18-19H,3-7,12-13H2,1-2H3/t14?,16?,18-/m0/s1. The van der Waals surface area contributed by atoms with Gasteiger partial charge in [0.15, 0.2) is 0 Å². The maximum atomic E-state index is 8.86. The van der Waals surface area contributed by atoms with E-state index in [4.69, 9.17) is 9.84 Å². The van der Waals surface area contributed by atoms with Crippen molar-refractivity contribution in [3.05, 3.63) is 29.8 Å². The van der Waals surface area contributed by atoms with E-state index in [-0.39, 0.29) is 0 Å². The van der Waals surface area contributed by atoms with Gasteiger partial charge in [-0.25, -0.2) is 0 Å². The lowest BCUT2D eigenvalue weighted by atomic mass is 9.70. The van der Waals surface area contributed by atoms with Crippen molar-refractivity contribution in [1.29, 1.82) is 0 Å². The van der Waals surface area contributed by atoms with Crippen molar-refractivity contribution in [1.82, 2.24) is 0 Å². The largest absolute Gasteiger partial charge is 0.490 e. The Bertz CT molecular complexity index is 385. The number of aliphatic hydroxyl groups is 1. The summed E-state index contributed by atoms with van der Waals surface area (Å²) in [7, 11) is 0. The molecule has 1 saturated carbocycles. The first-order valence-corrected chi connectivity index (χ1v) is 8.11. The molecule has 2 rings (SSSR count). The third kappa shape index (κ3) is 3.99. The van der Waals surface area contributed by atoms with Crippen LogP contribution in [0.2, 0.25) is 0 Å². The van der Waals surface area contributed by atoms with Crippen LogP contribution in [0.1, 0.15) is 51.5 Å². The summed E-state index contributed by atoms with van der Waals surface area (Å²) in [6.45, 7) is 4.79. The zero-order valence-corrected chi connectivity index (χ0v) is 12.8. The molecular weight excluding hydrogens is 248 g/mol. The quantitative estimate of drug-likeness (QED) is 0.721. The second-order valence-electron chi connectivity index (χ2n) is 6.17. The molecule has 0 aromatic heterocycles. The Balaban J connectivity index is 1.84. The maximum Gasteiger partial charge on any atom is 0.119 e. The average molecular weight is 276 g/mol. The molecule has 0 bridgehead atoms. The van der Waals surface area contributed by atoms with Gasteiger partial charge in [0, 0.05) is 6.61 Å². The molecule has 0 radical (unpaired) electrons. The molecule has 2 unspecified atom stereocenters. The molecule has 112 valence electrons. The molecule has 2 heteroatoms. The van der Waals surface area contributed by atoms with Crippen molar-refractivity contribution in [2.75, 3.05) is 6.61 Å². The first-order chi connectivity index (χ1) is 9.74. The second kappa shape index (κ2) is 7.68. The number of hydrogen-bond acceptors (Lipinski definition) is 2. The Hall–Kier alpha value is -1.02. The summed E-state index contributed by atoms with van der Waals surface area (Å²) in [5.41, 5.74) is 1.39. The molecule has 1 aromatic carbocycles. The zero-order valence-electron chi connectivity index (χ0n) is 12.8. The summed E-state index contributed by atoms with van der Waals surface area (Å²) in [5, 5.41) is 8.86. The van der Waals surface area contributed by atoms with E-state index in [2.05, 4.69) is 38.1 Å². The number of hydrogen-bond donors (Lipinski definition) is 1. The molecular formula is C18H28O2. The van der Waals surface area contributed by atoms with Gasteiger partial charge in [-0.3, -0.25) is 0 Å². The fourth-order valence-corrected chi connectivity index (χ4v) is 3.21. The molecule has 2 nitrogen and oxygen atoms in total. The van der Waals surface area contributed by atoms with Gasteiger partial charge in [-0.1, -0.05) is 38.8 Å². The maximum absolute atomic E-state index is 8.86. The lowest BCUT2D eigenvalue weighted by Crippen LogP contribution is -2.44. The highest BCUT2D eigenvalue weighted by molar-refractivity contribution is 5.27. The molecule has 1 aromatic rings. The monoisotopic (exact) mass is 276 g/mol. The Kier molecular flexibility index (Phi) is 5.90. The van der Waals surface area contributed by atoms with E-state index in [9.17, 15) is 0 Å². The minimum Gasteiger partial charge on any atom is -0.490 e. The van der Waals surface area contributed by atoms with Gasteiger partial charge in [-0.05, 0) is 55.2 Å². The lowest BCUT2D eigenvalue weighted by Gasteiger charge is -2.43. The van der Waals surface area contributed by atoms with Crippen LogP contribution in [-0.4, -0.2) is 17.8 Å². The molecule has 0 spiro atoms. The van der Waals surface area contributed by atoms with Gasteiger partial charge in [0.2, 0.25) is 0 Å². The van der Waals surface area contributed by atoms with Crippen molar-refractivity contribution in [3.8, 4) is 5.75 Å². The van der Waals surface area contributed by atoms with Crippen molar-refractivity contribution in [3.63, 3.8) is 0 Å². The van der Waals surface area contributed by atoms with E-state index in [1.165, 1.54) is 24.8 Å². The van der Waals surface area contributed by atoms with E-state index in [0.717, 1.165) is 25.0 Å². The van der Waals surface area contributed by atoms with E-state index >= 15 is 0 Å². The number of unbranched alkanes of at least 4 members (excludes halogenated alkanes) is 1.